The molecule has 0 spiro atoms. The van der Waals surface area contributed by atoms with Gasteiger partial charge in [-0.3, -0.25) is 0 Å². The highest BCUT2D eigenvalue weighted by Crippen LogP contribution is 2.29. The maximum atomic E-state index is 13.2. The van der Waals surface area contributed by atoms with Crippen molar-refractivity contribution in [2.45, 2.75) is 25.8 Å². The van der Waals surface area contributed by atoms with E-state index in [2.05, 4.69) is 12.2 Å². The van der Waals surface area contributed by atoms with E-state index in [1.807, 2.05) is 0 Å². The number of benzene rings is 1. The average Bonchev–Trinajstić information content (AvgIpc) is 2.26. The quantitative estimate of drug-likeness (QED) is 0.773. The van der Waals surface area contributed by atoms with Crippen LogP contribution in [0.5, 0.6) is 5.75 Å². The van der Waals surface area contributed by atoms with Gasteiger partial charge in [-0.1, -0.05) is 6.92 Å². The first-order chi connectivity index (χ1) is 7.58. The molecule has 2 atom stereocenters. The number of rotatable bonds is 1. The maximum absolute atomic E-state index is 13.2. The van der Waals surface area contributed by atoms with E-state index in [-0.39, 0.29) is 6.04 Å². The van der Waals surface area contributed by atoms with E-state index in [0.29, 0.717) is 11.5 Å². The molecule has 1 aromatic carbocycles. The molecule has 16 heavy (non-hydrogen) atoms. The fraction of sp³-hybridized carbons (Fsp3) is 0.500. The van der Waals surface area contributed by atoms with Crippen LogP contribution in [0.2, 0.25) is 0 Å². The molecule has 1 heterocycles. The van der Waals surface area contributed by atoms with Gasteiger partial charge in [0, 0.05) is 6.04 Å². The SMILES string of the molecule is CC1CCC(c2cc(F)c(O)c(F)c2)NC1. The minimum absolute atomic E-state index is 0.0131. The number of aromatic hydroxyl groups is 1. The Morgan fingerprint density at radius 2 is 1.88 bits per heavy atom. The van der Waals surface area contributed by atoms with Crippen molar-refractivity contribution in [1.29, 1.82) is 0 Å². The van der Waals surface area contributed by atoms with Crippen LogP contribution in [0.25, 0.3) is 0 Å². The van der Waals surface area contributed by atoms with E-state index in [1.165, 1.54) is 12.1 Å². The third-order valence-corrected chi connectivity index (χ3v) is 3.10. The summed E-state index contributed by atoms with van der Waals surface area (Å²) < 4.78 is 26.3. The van der Waals surface area contributed by atoms with Crippen molar-refractivity contribution in [2.75, 3.05) is 6.54 Å². The van der Waals surface area contributed by atoms with E-state index in [9.17, 15) is 8.78 Å². The summed E-state index contributed by atoms with van der Waals surface area (Å²) >= 11 is 0. The molecule has 0 amide bonds. The molecule has 2 unspecified atom stereocenters. The largest absolute Gasteiger partial charge is 0.503 e. The number of hydrogen-bond donors (Lipinski definition) is 2. The van der Waals surface area contributed by atoms with Crippen molar-refractivity contribution in [3.8, 4) is 5.75 Å². The first kappa shape index (κ1) is 11.3. The van der Waals surface area contributed by atoms with Gasteiger partial charge in [0.2, 0.25) is 0 Å². The highest BCUT2D eigenvalue weighted by atomic mass is 19.1. The van der Waals surface area contributed by atoms with Gasteiger partial charge in [-0.05, 0) is 43.0 Å². The van der Waals surface area contributed by atoms with Crippen LogP contribution in [0.3, 0.4) is 0 Å². The summed E-state index contributed by atoms with van der Waals surface area (Å²) in [7, 11) is 0. The third-order valence-electron chi connectivity index (χ3n) is 3.10. The lowest BCUT2D eigenvalue weighted by atomic mass is 9.92. The molecule has 4 heteroatoms. The Bertz CT molecular complexity index is 364. The zero-order valence-electron chi connectivity index (χ0n) is 9.13. The summed E-state index contributed by atoms with van der Waals surface area (Å²) in [5.41, 5.74) is 0.569. The van der Waals surface area contributed by atoms with Gasteiger partial charge < -0.3 is 10.4 Å². The van der Waals surface area contributed by atoms with Crippen molar-refractivity contribution in [3.63, 3.8) is 0 Å². The predicted molar refractivity (Wildman–Crippen MR) is 57.2 cm³/mol. The lowest BCUT2D eigenvalue weighted by Gasteiger charge is -2.28. The number of nitrogens with one attached hydrogen (secondary N) is 1. The molecule has 88 valence electrons. The average molecular weight is 227 g/mol. The second-order valence-electron chi connectivity index (χ2n) is 4.48. The fourth-order valence-corrected chi connectivity index (χ4v) is 2.07. The van der Waals surface area contributed by atoms with E-state index in [0.717, 1.165) is 19.4 Å². The Balaban J connectivity index is 2.21. The number of halogens is 2. The van der Waals surface area contributed by atoms with Gasteiger partial charge in [0.25, 0.3) is 0 Å². The smallest absolute Gasteiger partial charge is 0.187 e. The number of phenols is 1. The molecule has 0 saturated carbocycles. The van der Waals surface area contributed by atoms with Crippen LogP contribution in [0.15, 0.2) is 12.1 Å². The Hall–Kier alpha value is -1.16. The van der Waals surface area contributed by atoms with Crippen molar-refractivity contribution in [3.05, 3.63) is 29.3 Å². The van der Waals surface area contributed by atoms with Crippen LogP contribution < -0.4 is 5.32 Å². The third kappa shape index (κ3) is 2.16. The van der Waals surface area contributed by atoms with Crippen LogP contribution >= 0.6 is 0 Å². The lowest BCUT2D eigenvalue weighted by Crippen LogP contribution is -2.31. The van der Waals surface area contributed by atoms with Gasteiger partial charge in [0.15, 0.2) is 17.4 Å². The van der Waals surface area contributed by atoms with E-state index < -0.39 is 17.4 Å². The van der Waals surface area contributed by atoms with Crippen LogP contribution in [0.4, 0.5) is 8.78 Å². The minimum Gasteiger partial charge on any atom is -0.503 e. The van der Waals surface area contributed by atoms with Crippen LogP contribution in [0, 0.1) is 17.6 Å². The molecule has 0 radical (unpaired) electrons. The molecule has 2 rings (SSSR count). The predicted octanol–water partition coefficient (Wildman–Crippen LogP) is 2.73. The summed E-state index contributed by atoms with van der Waals surface area (Å²) in [6.45, 7) is 3.00. The molecule has 2 N–H and O–H groups in total. The lowest BCUT2D eigenvalue weighted by molar-refractivity contribution is 0.329. The molecule has 1 aliphatic rings. The van der Waals surface area contributed by atoms with Crippen molar-refractivity contribution >= 4 is 0 Å². The van der Waals surface area contributed by atoms with Gasteiger partial charge in [-0.2, -0.15) is 0 Å². The summed E-state index contributed by atoms with van der Waals surface area (Å²) in [5, 5.41) is 12.2. The van der Waals surface area contributed by atoms with Crippen LogP contribution in [0.1, 0.15) is 31.4 Å². The van der Waals surface area contributed by atoms with Gasteiger partial charge in [0.1, 0.15) is 0 Å². The van der Waals surface area contributed by atoms with Gasteiger partial charge in [-0.15, -0.1) is 0 Å². The van der Waals surface area contributed by atoms with Gasteiger partial charge in [-0.25, -0.2) is 8.78 Å². The molecule has 0 aromatic heterocycles. The van der Waals surface area contributed by atoms with Crippen LogP contribution in [-0.4, -0.2) is 11.7 Å². The van der Waals surface area contributed by atoms with E-state index >= 15 is 0 Å². The molecule has 1 saturated heterocycles. The Morgan fingerprint density at radius 3 is 2.38 bits per heavy atom. The van der Waals surface area contributed by atoms with Crippen LogP contribution in [-0.2, 0) is 0 Å². The Labute approximate surface area is 93.3 Å². The Kier molecular flexibility index (Phi) is 3.10. The fourth-order valence-electron chi connectivity index (χ4n) is 2.07. The number of piperidine rings is 1. The molecular formula is C12H15F2NO. The molecule has 1 fully saturated rings. The van der Waals surface area contributed by atoms with Crippen molar-refractivity contribution in [2.24, 2.45) is 5.92 Å². The summed E-state index contributed by atoms with van der Waals surface area (Å²) in [6, 6.07) is 2.39. The van der Waals surface area contributed by atoms with Gasteiger partial charge in [0.05, 0.1) is 0 Å². The second-order valence-corrected chi connectivity index (χ2v) is 4.48. The summed E-state index contributed by atoms with van der Waals surface area (Å²) in [5.74, 6) is -2.08. The monoisotopic (exact) mass is 227 g/mol. The first-order valence-electron chi connectivity index (χ1n) is 5.49. The van der Waals surface area contributed by atoms with Crippen molar-refractivity contribution in [1.82, 2.24) is 5.32 Å². The molecular weight excluding hydrogens is 212 g/mol. The number of hydrogen-bond acceptors (Lipinski definition) is 2. The zero-order valence-corrected chi connectivity index (χ0v) is 9.13. The van der Waals surface area contributed by atoms with E-state index in [1.54, 1.807) is 0 Å². The molecule has 0 bridgehead atoms. The topological polar surface area (TPSA) is 32.3 Å². The van der Waals surface area contributed by atoms with Crippen molar-refractivity contribution < 1.29 is 13.9 Å². The highest BCUT2D eigenvalue weighted by Gasteiger charge is 2.21. The summed E-state index contributed by atoms with van der Waals surface area (Å²) in [6.07, 6.45) is 1.91. The maximum Gasteiger partial charge on any atom is 0.187 e. The molecule has 1 aliphatic heterocycles. The molecule has 1 aromatic rings. The normalized spacial score (nSPS) is 25.7. The Morgan fingerprint density at radius 1 is 1.25 bits per heavy atom. The first-order valence-corrected chi connectivity index (χ1v) is 5.49. The minimum atomic E-state index is -0.895. The summed E-state index contributed by atoms with van der Waals surface area (Å²) in [4.78, 5) is 0. The number of phenolic OH excluding ortho intramolecular Hbond substituents is 1. The zero-order chi connectivity index (χ0) is 11.7. The molecule has 0 aliphatic carbocycles. The standard InChI is InChI=1S/C12H15F2NO/c1-7-2-3-11(15-6-7)8-4-9(13)12(16)10(14)5-8/h4-5,7,11,15-16H,2-3,6H2,1H3. The van der Waals surface area contributed by atoms with E-state index in [4.69, 9.17) is 5.11 Å². The highest BCUT2D eigenvalue weighted by molar-refractivity contribution is 5.31. The molecule has 2 nitrogen and oxygen atoms in total. The van der Waals surface area contributed by atoms with Gasteiger partial charge >= 0.3 is 0 Å². The second kappa shape index (κ2) is 4.37.